The molecule has 3 N–H and O–H groups in total. The fraction of sp³-hybridized carbons (Fsp3) is 0.323. The first-order valence-corrected chi connectivity index (χ1v) is 13.9. The van der Waals surface area contributed by atoms with Gasteiger partial charge in [0.25, 0.3) is 5.91 Å². The van der Waals surface area contributed by atoms with Crippen LogP contribution in [0.1, 0.15) is 41.6 Å². The maximum Gasteiger partial charge on any atom is 0.255 e. The average Bonchev–Trinajstić information content (AvgIpc) is 3.63. The summed E-state index contributed by atoms with van der Waals surface area (Å²) in [7, 11) is 0. The molecule has 1 amide bonds. The van der Waals surface area contributed by atoms with Crippen LogP contribution >= 0.6 is 0 Å². The first kappa shape index (κ1) is 24.8. The third-order valence-corrected chi connectivity index (χ3v) is 8.25. The highest BCUT2D eigenvalue weighted by Crippen LogP contribution is 2.38. The molecule has 40 heavy (non-hydrogen) atoms. The highest BCUT2D eigenvalue weighted by atomic mass is 19.1. The van der Waals surface area contributed by atoms with Crippen molar-refractivity contribution in [2.75, 3.05) is 13.1 Å². The molecule has 2 aliphatic rings. The summed E-state index contributed by atoms with van der Waals surface area (Å²) in [5, 5.41) is 15.8. The lowest BCUT2D eigenvalue weighted by atomic mass is 10.1. The third-order valence-electron chi connectivity index (χ3n) is 8.25. The first-order valence-electron chi connectivity index (χ1n) is 13.9. The number of phenols is 1. The maximum atomic E-state index is 14.7. The zero-order valence-corrected chi connectivity index (χ0v) is 22.3. The molecular formula is C31H31FN6O2. The Hall–Kier alpha value is -4.24. The van der Waals surface area contributed by atoms with Gasteiger partial charge in [0.05, 0.1) is 22.5 Å². The van der Waals surface area contributed by atoms with E-state index in [1.54, 1.807) is 22.7 Å². The smallest absolute Gasteiger partial charge is 0.255 e. The topological polar surface area (TPSA) is 102 Å². The van der Waals surface area contributed by atoms with Crippen molar-refractivity contribution in [3.05, 3.63) is 71.7 Å². The van der Waals surface area contributed by atoms with Crippen LogP contribution in [0.4, 0.5) is 4.39 Å². The minimum absolute atomic E-state index is 0.0200. The SMILES string of the molecule is Cc1c(-c2cc3ccc(-c4cccc(O)c4F)nc3n2CC2CC2)nn2cc(C(=O)N3CCC[C@@H](N)C3)ccc12. The fourth-order valence-corrected chi connectivity index (χ4v) is 5.85. The number of fused-ring (bicyclic) bond motifs is 2. The van der Waals surface area contributed by atoms with Crippen molar-refractivity contribution in [2.45, 2.75) is 45.2 Å². The number of aromatic nitrogens is 4. The van der Waals surface area contributed by atoms with Gasteiger partial charge >= 0.3 is 0 Å². The molecule has 7 rings (SSSR count). The molecule has 5 heterocycles. The van der Waals surface area contributed by atoms with Gasteiger partial charge in [-0.15, -0.1) is 0 Å². The van der Waals surface area contributed by atoms with E-state index in [9.17, 15) is 14.3 Å². The summed E-state index contributed by atoms with van der Waals surface area (Å²) in [6.07, 6.45) is 5.99. The van der Waals surface area contributed by atoms with E-state index >= 15 is 0 Å². The molecule has 8 nitrogen and oxygen atoms in total. The summed E-state index contributed by atoms with van der Waals surface area (Å²) in [4.78, 5) is 19.9. The Balaban J connectivity index is 1.32. The first-order chi connectivity index (χ1) is 19.4. The third kappa shape index (κ3) is 4.21. The minimum Gasteiger partial charge on any atom is -0.505 e. The molecule has 0 radical (unpaired) electrons. The second-order valence-electron chi connectivity index (χ2n) is 11.2. The summed E-state index contributed by atoms with van der Waals surface area (Å²) < 4.78 is 18.7. The summed E-state index contributed by atoms with van der Waals surface area (Å²) in [6, 6.07) is 14.2. The minimum atomic E-state index is -0.678. The number of aryl methyl sites for hydroxylation is 1. The number of nitrogens with zero attached hydrogens (tertiary/aromatic N) is 5. The van der Waals surface area contributed by atoms with E-state index in [0.717, 1.165) is 72.3 Å². The van der Waals surface area contributed by atoms with E-state index in [0.29, 0.717) is 23.7 Å². The highest BCUT2D eigenvalue weighted by Gasteiger charge is 2.27. The summed E-state index contributed by atoms with van der Waals surface area (Å²) >= 11 is 0. The lowest BCUT2D eigenvalue weighted by Gasteiger charge is -2.30. The van der Waals surface area contributed by atoms with E-state index in [1.165, 1.54) is 6.07 Å². The predicted molar refractivity (Wildman–Crippen MR) is 152 cm³/mol. The number of hydrogen-bond donors (Lipinski definition) is 2. The molecule has 2 fully saturated rings. The number of benzene rings is 1. The van der Waals surface area contributed by atoms with Crippen molar-refractivity contribution in [3.63, 3.8) is 0 Å². The Morgan fingerprint density at radius 2 is 2.00 bits per heavy atom. The average molecular weight is 539 g/mol. The molecule has 1 saturated heterocycles. The molecule has 1 atom stereocenters. The lowest BCUT2D eigenvalue weighted by Crippen LogP contribution is -2.45. The monoisotopic (exact) mass is 538 g/mol. The molecule has 5 aromatic rings. The van der Waals surface area contributed by atoms with Gasteiger partial charge in [-0.25, -0.2) is 13.9 Å². The molecule has 0 spiro atoms. The number of phenolic OH excluding ortho intramolecular Hbond substituents is 1. The second-order valence-corrected chi connectivity index (χ2v) is 11.2. The quantitative estimate of drug-likeness (QED) is 0.323. The molecule has 1 saturated carbocycles. The van der Waals surface area contributed by atoms with Gasteiger partial charge in [0.2, 0.25) is 0 Å². The van der Waals surface area contributed by atoms with Gasteiger partial charge in [0.1, 0.15) is 11.3 Å². The van der Waals surface area contributed by atoms with Crippen LogP contribution in [0, 0.1) is 18.7 Å². The number of carbonyl (C=O) groups excluding carboxylic acids is 1. The van der Waals surface area contributed by atoms with Crippen molar-refractivity contribution < 1.29 is 14.3 Å². The van der Waals surface area contributed by atoms with Crippen molar-refractivity contribution in [1.29, 1.82) is 0 Å². The van der Waals surface area contributed by atoms with Crippen LogP contribution in [-0.2, 0) is 6.54 Å². The number of hydrogen-bond acceptors (Lipinski definition) is 5. The van der Waals surface area contributed by atoms with Crippen molar-refractivity contribution in [2.24, 2.45) is 11.7 Å². The number of pyridine rings is 2. The molecule has 0 unspecified atom stereocenters. The number of rotatable bonds is 5. The van der Waals surface area contributed by atoms with Crippen LogP contribution in [0.3, 0.4) is 0 Å². The summed E-state index contributed by atoms with van der Waals surface area (Å²) in [5.41, 5.74) is 11.9. The molecule has 4 aromatic heterocycles. The fourth-order valence-electron chi connectivity index (χ4n) is 5.85. The van der Waals surface area contributed by atoms with E-state index in [-0.39, 0.29) is 17.5 Å². The number of piperidine rings is 1. The molecule has 9 heteroatoms. The van der Waals surface area contributed by atoms with Gasteiger partial charge in [-0.3, -0.25) is 4.79 Å². The summed E-state index contributed by atoms with van der Waals surface area (Å²) in [5.74, 6) is -0.530. The lowest BCUT2D eigenvalue weighted by molar-refractivity contribution is 0.0708. The van der Waals surface area contributed by atoms with Gasteiger partial charge in [-0.2, -0.15) is 5.10 Å². The second kappa shape index (κ2) is 9.45. The molecule has 1 aromatic carbocycles. The van der Waals surface area contributed by atoms with Crippen LogP contribution < -0.4 is 5.73 Å². The molecule has 1 aliphatic heterocycles. The van der Waals surface area contributed by atoms with Gasteiger partial charge < -0.3 is 20.3 Å². The molecule has 1 aliphatic carbocycles. The van der Waals surface area contributed by atoms with Gasteiger partial charge in [-0.05, 0) is 81.0 Å². The van der Waals surface area contributed by atoms with E-state index in [4.69, 9.17) is 15.8 Å². The summed E-state index contributed by atoms with van der Waals surface area (Å²) in [6.45, 7) is 4.13. The van der Waals surface area contributed by atoms with Crippen molar-refractivity contribution in [3.8, 4) is 28.4 Å². The molecule has 0 bridgehead atoms. The Bertz CT molecular complexity index is 1790. The zero-order valence-electron chi connectivity index (χ0n) is 22.3. The van der Waals surface area contributed by atoms with Crippen molar-refractivity contribution in [1.82, 2.24) is 24.1 Å². The molecular weight excluding hydrogens is 507 g/mol. The van der Waals surface area contributed by atoms with Gasteiger partial charge in [0, 0.05) is 48.4 Å². The van der Waals surface area contributed by atoms with E-state index in [1.807, 2.05) is 36.2 Å². The Morgan fingerprint density at radius 3 is 2.80 bits per heavy atom. The zero-order chi connectivity index (χ0) is 27.5. The van der Waals surface area contributed by atoms with E-state index in [2.05, 4.69) is 10.6 Å². The number of aromatic hydroxyl groups is 1. The van der Waals surface area contributed by atoms with E-state index < -0.39 is 11.6 Å². The van der Waals surface area contributed by atoms with Gasteiger partial charge in [-0.1, -0.05) is 6.07 Å². The number of nitrogens with two attached hydrogens (primary N) is 1. The number of carbonyl (C=O) groups is 1. The van der Waals surface area contributed by atoms with Crippen LogP contribution in [-0.4, -0.2) is 54.2 Å². The molecule has 204 valence electrons. The normalized spacial score (nSPS) is 17.7. The van der Waals surface area contributed by atoms with Crippen LogP contribution in [0.2, 0.25) is 0 Å². The number of halogens is 1. The largest absolute Gasteiger partial charge is 0.505 e. The van der Waals surface area contributed by atoms with Crippen LogP contribution in [0.15, 0.2) is 54.7 Å². The van der Waals surface area contributed by atoms with Crippen molar-refractivity contribution >= 4 is 22.5 Å². The maximum absolute atomic E-state index is 14.7. The number of likely N-dealkylation sites (tertiary alicyclic amines) is 1. The van der Waals surface area contributed by atoms with Crippen LogP contribution in [0.5, 0.6) is 5.75 Å². The predicted octanol–water partition coefficient (Wildman–Crippen LogP) is 5.14. The Kier molecular flexibility index (Phi) is 5.85. The standard InChI is InChI=1S/C31H31FN6O2/c1-18-25-12-10-21(31(40)36-13-3-4-22(33)17-36)16-38(25)35-29(18)26-14-20-9-11-24(23-5-2-6-27(39)28(23)32)34-30(20)37(26)15-19-7-8-19/h2,5-6,9-12,14,16,19,22,39H,3-4,7-8,13,15,17,33H2,1H3/t22-/m1/s1. The Morgan fingerprint density at radius 1 is 1.15 bits per heavy atom. The highest BCUT2D eigenvalue weighted by molar-refractivity contribution is 5.95. The van der Waals surface area contributed by atoms with Gasteiger partial charge in [0.15, 0.2) is 11.6 Å². The number of amides is 1. The van der Waals surface area contributed by atoms with Crippen LogP contribution in [0.25, 0.3) is 39.2 Å². The Labute approximate surface area is 230 Å².